The van der Waals surface area contributed by atoms with Crippen LogP contribution in [0.2, 0.25) is 0 Å². The zero-order valence-electron chi connectivity index (χ0n) is 14.8. The number of nitrogens with one attached hydrogen (secondary N) is 1. The van der Waals surface area contributed by atoms with Crippen molar-refractivity contribution in [3.05, 3.63) is 48.0 Å². The molecule has 2 aromatic carbocycles. The number of hydrogen-bond acceptors (Lipinski definition) is 8. The van der Waals surface area contributed by atoms with Crippen LogP contribution in [-0.4, -0.2) is 43.5 Å². The van der Waals surface area contributed by atoms with Crippen LogP contribution in [0.5, 0.6) is 5.75 Å². The van der Waals surface area contributed by atoms with Crippen LogP contribution in [0, 0.1) is 0 Å². The summed E-state index contributed by atoms with van der Waals surface area (Å²) < 4.78 is 6.60. The topological polar surface area (TPSA) is 96.9 Å². The molecular formula is C18H16N6O2S2. The molecule has 8 nitrogen and oxygen atoms in total. The average molecular weight is 413 g/mol. The van der Waals surface area contributed by atoms with E-state index in [-0.39, 0.29) is 6.04 Å². The summed E-state index contributed by atoms with van der Waals surface area (Å²) in [6, 6.07) is 12.5. The quantitative estimate of drug-likeness (QED) is 0.484. The fourth-order valence-electron chi connectivity index (χ4n) is 2.72. The van der Waals surface area contributed by atoms with Crippen molar-refractivity contribution >= 4 is 46.0 Å². The average Bonchev–Trinajstić information content (AvgIpc) is 3.40. The number of anilines is 1. The highest BCUT2D eigenvalue weighted by Crippen LogP contribution is 2.27. The Morgan fingerprint density at radius 1 is 1.29 bits per heavy atom. The van der Waals surface area contributed by atoms with Gasteiger partial charge in [-0.1, -0.05) is 0 Å². The molecule has 4 aromatic rings. The van der Waals surface area contributed by atoms with Crippen molar-refractivity contribution < 1.29 is 9.53 Å². The van der Waals surface area contributed by atoms with Gasteiger partial charge >= 0.3 is 6.09 Å². The van der Waals surface area contributed by atoms with E-state index in [0.717, 1.165) is 21.5 Å². The number of thiazole rings is 1. The highest BCUT2D eigenvalue weighted by molar-refractivity contribution is 7.80. The van der Waals surface area contributed by atoms with Gasteiger partial charge in [0, 0.05) is 23.0 Å². The molecule has 0 fully saturated rings. The van der Waals surface area contributed by atoms with Gasteiger partial charge in [0.15, 0.2) is 0 Å². The summed E-state index contributed by atoms with van der Waals surface area (Å²) >= 11 is 5.88. The van der Waals surface area contributed by atoms with Crippen molar-refractivity contribution in [2.24, 2.45) is 0 Å². The van der Waals surface area contributed by atoms with Crippen molar-refractivity contribution in [2.75, 3.05) is 10.7 Å². The van der Waals surface area contributed by atoms with E-state index in [1.54, 1.807) is 34.7 Å². The lowest BCUT2D eigenvalue weighted by Gasteiger charge is -2.27. The first kappa shape index (κ1) is 18.4. The number of aromatic amines is 1. The molecule has 1 atom stereocenters. The number of thiol groups is 1. The zero-order valence-corrected chi connectivity index (χ0v) is 16.5. The van der Waals surface area contributed by atoms with Gasteiger partial charge < -0.3 is 4.74 Å². The monoisotopic (exact) mass is 412 g/mol. The molecule has 28 heavy (non-hydrogen) atoms. The molecule has 0 aliphatic heterocycles. The van der Waals surface area contributed by atoms with Crippen LogP contribution in [0.4, 0.5) is 10.5 Å². The second-order valence-corrected chi connectivity index (χ2v) is 7.29. The van der Waals surface area contributed by atoms with Crippen LogP contribution >= 0.6 is 24.0 Å². The number of aromatic nitrogens is 5. The Bertz CT molecular complexity index is 1080. The maximum atomic E-state index is 12.9. The molecule has 2 aromatic heterocycles. The fraction of sp³-hybridized carbons (Fsp3) is 0.167. The van der Waals surface area contributed by atoms with Crippen LogP contribution in [0.15, 0.2) is 48.0 Å². The number of nitrogens with zero attached hydrogens (tertiary/aromatic N) is 5. The van der Waals surface area contributed by atoms with Gasteiger partial charge in [0.1, 0.15) is 5.75 Å². The number of rotatable bonds is 5. The first-order chi connectivity index (χ1) is 13.7. The van der Waals surface area contributed by atoms with Gasteiger partial charge in [-0.3, -0.25) is 4.90 Å². The normalized spacial score (nSPS) is 12.1. The Balaban J connectivity index is 1.57. The summed E-state index contributed by atoms with van der Waals surface area (Å²) in [6.45, 7) is 1.92. The molecule has 1 N–H and O–H groups in total. The van der Waals surface area contributed by atoms with E-state index < -0.39 is 6.09 Å². The minimum Gasteiger partial charge on any atom is -0.410 e. The van der Waals surface area contributed by atoms with Gasteiger partial charge in [0.25, 0.3) is 0 Å². The molecule has 0 radical (unpaired) electrons. The Labute approximate surface area is 170 Å². The molecule has 0 aliphatic rings. The third kappa shape index (κ3) is 3.69. The lowest BCUT2D eigenvalue weighted by atomic mass is 10.2. The predicted molar refractivity (Wildman–Crippen MR) is 111 cm³/mol. The minimum absolute atomic E-state index is 0.153. The molecule has 1 unspecified atom stereocenters. The molecule has 0 saturated heterocycles. The van der Waals surface area contributed by atoms with E-state index >= 15 is 0 Å². The van der Waals surface area contributed by atoms with Crippen molar-refractivity contribution in [3.63, 3.8) is 0 Å². The second-order valence-electron chi connectivity index (χ2n) is 6.03. The molecule has 2 heterocycles. The van der Waals surface area contributed by atoms with Gasteiger partial charge in [-0.05, 0) is 54.6 Å². The van der Waals surface area contributed by atoms with Gasteiger partial charge in [-0.2, -0.15) is 17.8 Å². The van der Waals surface area contributed by atoms with E-state index in [0.29, 0.717) is 17.3 Å². The fourth-order valence-corrected chi connectivity index (χ4v) is 3.59. The molecule has 4 rings (SSSR count). The summed E-state index contributed by atoms with van der Waals surface area (Å²) in [4.78, 5) is 18.8. The molecule has 0 bridgehead atoms. The Kier molecular flexibility index (Phi) is 5.22. The van der Waals surface area contributed by atoms with Crippen molar-refractivity contribution in [1.82, 2.24) is 25.6 Å². The molecule has 0 saturated carbocycles. The number of fused-ring (bicyclic) bond motifs is 1. The Morgan fingerprint density at radius 2 is 2.11 bits per heavy atom. The number of carbonyl (C=O) groups is 1. The number of amides is 1. The van der Waals surface area contributed by atoms with Gasteiger partial charge in [-0.15, -0.1) is 21.5 Å². The van der Waals surface area contributed by atoms with Crippen LogP contribution in [0.3, 0.4) is 0 Å². The Hall–Kier alpha value is -2.98. The summed E-state index contributed by atoms with van der Waals surface area (Å²) in [5.41, 5.74) is 4.19. The largest absolute Gasteiger partial charge is 0.420 e. The molecule has 0 spiro atoms. The number of tetrazole rings is 1. The second kappa shape index (κ2) is 7.95. The first-order valence-electron chi connectivity index (χ1n) is 8.45. The number of ether oxygens (including phenoxy) is 1. The summed E-state index contributed by atoms with van der Waals surface area (Å²) in [6.07, 6.45) is -0.474. The zero-order chi connectivity index (χ0) is 19.5. The highest BCUT2D eigenvalue weighted by atomic mass is 32.1. The van der Waals surface area contributed by atoms with Crippen LogP contribution in [-0.2, 0) is 0 Å². The molecule has 142 valence electrons. The van der Waals surface area contributed by atoms with E-state index in [1.165, 1.54) is 11.3 Å². The SMILES string of the molecule is CC(CS)N(C(=O)Oc1ccc(-c2nn[nH]n2)cc1)c1ccc2ncsc2c1. The standard InChI is InChI=1S/C18H16N6O2S2/c1-11(9-27)24(13-4-7-15-16(8-13)28-10-19-15)18(25)26-14-5-2-12(3-6-14)17-20-22-23-21-17/h2-8,10-11,27H,9H2,1H3,(H,20,21,22,23). The lowest BCUT2D eigenvalue weighted by molar-refractivity contribution is 0.206. The van der Waals surface area contributed by atoms with Crippen molar-refractivity contribution in [1.29, 1.82) is 0 Å². The molecule has 10 heteroatoms. The smallest absolute Gasteiger partial charge is 0.410 e. The first-order valence-corrected chi connectivity index (χ1v) is 9.96. The highest BCUT2D eigenvalue weighted by Gasteiger charge is 2.24. The van der Waals surface area contributed by atoms with E-state index in [1.807, 2.05) is 25.1 Å². The predicted octanol–water partition coefficient (Wildman–Crippen LogP) is 3.80. The summed E-state index contributed by atoms with van der Waals surface area (Å²) in [5.74, 6) is 1.39. The lowest BCUT2D eigenvalue weighted by Crippen LogP contribution is -2.41. The van der Waals surface area contributed by atoms with E-state index in [2.05, 4.69) is 38.2 Å². The number of H-pyrrole nitrogens is 1. The van der Waals surface area contributed by atoms with Crippen LogP contribution in [0.1, 0.15) is 6.92 Å². The number of hydrogen-bond donors (Lipinski definition) is 2. The summed E-state index contributed by atoms with van der Waals surface area (Å²) in [7, 11) is 0. The minimum atomic E-state index is -0.474. The van der Waals surface area contributed by atoms with Crippen molar-refractivity contribution in [3.8, 4) is 17.1 Å². The van der Waals surface area contributed by atoms with E-state index in [4.69, 9.17) is 4.74 Å². The van der Waals surface area contributed by atoms with E-state index in [9.17, 15) is 4.79 Å². The number of carbonyl (C=O) groups excluding carboxylic acids is 1. The van der Waals surface area contributed by atoms with Gasteiger partial charge in [0.2, 0.25) is 5.82 Å². The molecular weight excluding hydrogens is 396 g/mol. The van der Waals surface area contributed by atoms with Crippen LogP contribution in [0.25, 0.3) is 21.6 Å². The Morgan fingerprint density at radius 3 is 2.82 bits per heavy atom. The maximum absolute atomic E-state index is 12.9. The third-order valence-electron chi connectivity index (χ3n) is 4.16. The number of benzene rings is 2. The molecule has 0 aliphatic carbocycles. The molecule has 1 amide bonds. The van der Waals surface area contributed by atoms with Gasteiger partial charge in [0.05, 0.1) is 15.7 Å². The maximum Gasteiger partial charge on any atom is 0.420 e. The third-order valence-corrected chi connectivity index (χ3v) is 5.48. The van der Waals surface area contributed by atoms with Gasteiger partial charge in [-0.25, -0.2) is 9.78 Å². The van der Waals surface area contributed by atoms with Crippen LogP contribution < -0.4 is 9.64 Å². The summed E-state index contributed by atoms with van der Waals surface area (Å²) in [5, 5.41) is 13.8. The van der Waals surface area contributed by atoms with Crippen molar-refractivity contribution in [2.45, 2.75) is 13.0 Å².